The second kappa shape index (κ2) is 7.16. The molecule has 16 heavy (non-hydrogen) atoms. The standard InChI is InChI=1S/C13H19Cl2N/c1-3-5-13(16-8-4-2)10-6-7-11(14)12(15)9-10/h6-7,9,13,16H,3-5,8H2,1-2H3. The molecule has 1 aromatic carbocycles. The van der Waals surface area contributed by atoms with E-state index >= 15 is 0 Å². The second-order valence-corrected chi connectivity index (χ2v) is 4.78. The molecule has 1 atom stereocenters. The van der Waals surface area contributed by atoms with Crippen LogP contribution in [0.5, 0.6) is 0 Å². The zero-order valence-corrected chi connectivity index (χ0v) is 11.4. The molecule has 0 amide bonds. The van der Waals surface area contributed by atoms with Gasteiger partial charge in [0.25, 0.3) is 0 Å². The van der Waals surface area contributed by atoms with Gasteiger partial charge in [0.2, 0.25) is 0 Å². The summed E-state index contributed by atoms with van der Waals surface area (Å²) in [5.74, 6) is 0. The Kier molecular flexibility index (Phi) is 6.18. The van der Waals surface area contributed by atoms with Crippen molar-refractivity contribution < 1.29 is 0 Å². The summed E-state index contributed by atoms with van der Waals surface area (Å²) < 4.78 is 0. The van der Waals surface area contributed by atoms with Gasteiger partial charge in [-0.25, -0.2) is 0 Å². The van der Waals surface area contributed by atoms with Gasteiger partial charge in [0.1, 0.15) is 0 Å². The van der Waals surface area contributed by atoms with Crippen molar-refractivity contribution in [3.05, 3.63) is 33.8 Å². The number of nitrogens with one attached hydrogen (secondary N) is 1. The monoisotopic (exact) mass is 259 g/mol. The van der Waals surface area contributed by atoms with E-state index in [-0.39, 0.29) is 0 Å². The Morgan fingerprint density at radius 1 is 1.12 bits per heavy atom. The van der Waals surface area contributed by atoms with Gasteiger partial charge in [0, 0.05) is 6.04 Å². The minimum Gasteiger partial charge on any atom is -0.310 e. The van der Waals surface area contributed by atoms with Crippen LogP contribution in [0.3, 0.4) is 0 Å². The topological polar surface area (TPSA) is 12.0 Å². The highest BCUT2D eigenvalue weighted by Gasteiger charge is 2.10. The zero-order chi connectivity index (χ0) is 12.0. The van der Waals surface area contributed by atoms with Gasteiger partial charge in [-0.15, -0.1) is 0 Å². The van der Waals surface area contributed by atoms with Gasteiger partial charge in [0.05, 0.1) is 10.0 Å². The van der Waals surface area contributed by atoms with Crippen LogP contribution >= 0.6 is 23.2 Å². The molecule has 1 unspecified atom stereocenters. The third kappa shape index (κ3) is 3.97. The summed E-state index contributed by atoms with van der Waals surface area (Å²) >= 11 is 11.9. The summed E-state index contributed by atoms with van der Waals surface area (Å²) in [5, 5.41) is 4.79. The molecule has 0 aliphatic heterocycles. The summed E-state index contributed by atoms with van der Waals surface area (Å²) in [5.41, 5.74) is 1.23. The van der Waals surface area contributed by atoms with Gasteiger partial charge < -0.3 is 5.32 Å². The summed E-state index contributed by atoms with van der Waals surface area (Å²) in [6, 6.07) is 6.28. The fourth-order valence-corrected chi connectivity index (χ4v) is 2.03. The Hall–Kier alpha value is -0.240. The van der Waals surface area contributed by atoms with Gasteiger partial charge in [-0.1, -0.05) is 49.5 Å². The van der Waals surface area contributed by atoms with E-state index in [1.165, 1.54) is 5.56 Å². The third-order valence-electron chi connectivity index (χ3n) is 2.56. The van der Waals surface area contributed by atoms with Crippen LogP contribution in [0, 0.1) is 0 Å². The lowest BCUT2D eigenvalue weighted by Crippen LogP contribution is -2.21. The van der Waals surface area contributed by atoms with E-state index in [1.54, 1.807) is 0 Å². The SMILES string of the molecule is CCCNC(CCC)c1ccc(Cl)c(Cl)c1. The predicted octanol–water partition coefficient (Wildman–Crippen LogP) is 4.83. The molecule has 0 heterocycles. The van der Waals surface area contributed by atoms with E-state index in [1.807, 2.05) is 12.1 Å². The largest absolute Gasteiger partial charge is 0.310 e. The van der Waals surface area contributed by atoms with Crippen LogP contribution in [0.1, 0.15) is 44.7 Å². The third-order valence-corrected chi connectivity index (χ3v) is 3.30. The lowest BCUT2D eigenvalue weighted by molar-refractivity contribution is 0.494. The molecule has 1 rings (SSSR count). The van der Waals surface area contributed by atoms with Crippen molar-refractivity contribution in [2.24, 2.45) is 0 Å². The maximum Gasteiger partial charge on any atom is 0.0595 e. The van der Waals surface area contributed by atoms with Crippen molar-refractivity contribution in [2.75, 3.05) is 6.54 Å². The Morgan fingerprint density at radius 3 is 2.44 bits per heavy atom. The Labute approximate surface area is 108 Å². The molecule has 0 fully saturated rings. The quantitative estimate of drug-likeness (QED) is 0.772. The molecule has 1 nitrogen and oxygen atoms in total. The molecule has 0 aromatic heterocycles. The van der Waals surface area contributed by atoms with Crippen molar-refractivity contribution in [3.8, 4) is 0 Å². The van der Waals surface area contributed by atoms with Crippen molar-refractivity contribution in [3.63, 3.8) is 0 Å². The first kappa shape index (κ1) is 13.8. The highest BCUT2D eigenvalue weighted by Crippen LogP contribution is 2.27. The van der Waals surface area contributed by atoms with Gasteiger partial charge in [-0.2, -0.15) is 0 Å². The molecular formula is C13H19Cl2N. The molecular weight excluding hydrogens is 241 g/mol. The second-order valence-electron chi connectivity index (χ2n) is 3.97. The fourth-order valence-electron chi connectivity index (χ4n) is 1.72. The van der Waals surface area contributed by atoms with E-state index < -0.39 is 0 Å². The van der Waals surface area contributed by atoms with Crippen molar-refractivity contribution in [1.29, 1.82) is 0 Å². The Morgan fingerprint density at radius 2 is 1.88 bits per heavy atom. The molecule has 1 N–H and O–H groups in total. The lowest BCUT2D eigenvalue weighted by Gasteiger charge is -2.18. The van der Waals surface area contributed by atoms with E-state index in [0.717, 1.165) is 25.8 Å². The lowest BCUT2D eigenvalue weighted by atomic mass is 10.0. The molecule has 0 aliphatic carbocycles. The van der Waals surface area contributed by atoms with Crippen molar-refractivity contribution in [1.82, 2.24) is 5.32 Å². The summed E-state index contributed by atoms with van der Waals surface area (Å²) in [6.45, 7) is 5.40. The minimum atomic E-state index is 0.389. The molecule has 90 valence electrons. The summed E-state index contributed by atoms with van der Waals surface area (Å²) in [7, 11) is 0. The number of hydrogen-bond donors (Lipinski definition) is 1. The molecule has 0 saturated heterocycles. The van der Waals surface area contributed by atoms with Gasteiger partial charge in [-0.3, -0.25) is 0 Å². The van der Waals surface area contributed by atoms with E-state index in [0.29, 0.717) is 16.1 Å². The predicted molar refractivity (Wildman–Crippen MR) is 72.4 cm³/mol. The molecule has 1 aromatic rings. The number of hydrogen-bond acceptors (Lipinski definition) is 1. The number of rotatable bonds is 6. The molecule has 0 aliphatic rings. The van der Waals surface area contributed by atoms with E-state index in [2.05, 4.69) is 25.2 Å². The molecule has 0 radical (unpaired) electrons. The van der Waals surface area contributed by atoms with Gasteiger partial charge in [0.15, 0.2) is 0 Å². The number of benzene rings is 1. The van der Waals surface area contributed by atoms with Gasteiger partial charge in [-0.05, 0) is 37.1 Å². The smallest absolute Gasteiger partial charge is 0.0595 e. The highest BCUT2D eigenvalue weighted by atomic mass is 35.5. The fraction of sp³-hybridized carbons (Fsp3) is 0.538. The minimum absolute atomic E-state index is 0.389. The van der Waals surface area contributed by atoms with Crippen LogP contribution in [-0.2, 0) is 0 Å². The highest BCUT2D eigenvalue weighted by molar-refractivity contribution is 6.42. The molecule has 3 heteroatoms. The Bertz CT molecular complexity index is 326. The summed E-state index contributed by atoms with van der Waals surface area (Å²) in [6.07, 6.45) is 3.42. The van der Waals surface area contributed by atoms with Crippen molar-refractivity contribution in [2.45, 2.75) is 39.2 Å². The first-order valence-corrected chi connectivity index (χ1v) is 6.63. The average molecular weight is 260 g/mol. The van der Waals surface area contributed by atoms with Crippen LogP contribution in [0.2, 0.25) is 10.0 Å². The van der Waals surface area contributed by atoms with Crippen LogP contribution in [0.25, 0.3) is 0 Å². The maximum atomic E-state index is 6.03. The molecule has 0 saturated carbocycles. The number of halogens is 2. The summed E-state index contributed by atoms with van der Waals surface area (Å²) in [4.78, 5) is 0. The van der Waals surface area contributed by atoms with Gasteiger partial charge >= 0.3 is 0 Å². The first-order valence-electron chi connectivity index (χ1n) is 5.87. The molecule has 0 bridgehead atoms. The zero-order valence-electron chi connectivity index (χ0n) is 9.89. The van der Waals surface area contributed by atoms with Crippen LogP contribution in [-0.4, -0.2) is 6.54 Å². The normalized spacial score (nSPS) is 12.8. The average Bonchev–Trinajstić information content (AvgIpc) is 2.28. The maximum absolute atomic E-state index is 6.03. The Balaban J connectivity index is 2.78. The van der Waals surface area contributed by atoms with Crippen LogP contribution in [0.4, 0.5) is 0 Å². The van der Waals surface area contributed by atoms with Crippen LogP contribution in [0.15, 0.2) is 18.2 Å². The van der Waals surface area contributed by atoms with Crippen LogP contribution < -0.4 is 5.32 Å². The van der Waals surface area contributed by atoms with E-state index in [4.69, 9.17) is 23.2 Å². The first-order chi connectivity index (χ1) is 7.69. The van der Waals surface area contributed by atoms with Crippen molar-refractivity contribution >= 4 is 23.2 Å². The van der Waals surface area contributed by atoms with E-state index in [9.17, 15) is 0 Å². The molecule has 0 spiro atoms.